The standard InChI is InChI=1S/C9H9N3O4S/c1-2-17(14)16-15-12-9(13)7-5-3-4-6-8(7)10-11-12/h3-6H,2H2,1H3. The summed E-state index contributed by atoms with van der Waals surface area (Å²) in [6, 6.07) is 6.67. The topological polar surface area (TPSA) is 83.3 Å². The van der Waals surface area contributed by atoms with Crippen LogP contribution in [0.4, 0.5) is 0 Å². The van der Waals surface area contributed by atoms with E-state index in [4.69, 9.17) is 0 Å². The average molecular weight is 255 g/mol. The predicted octanol–water partition coefficient (Wildman–Crippen LogP) is -0.165. The predicted molar refractivity (Wildman–Crippen MR) is 60.1 cm³/mol. The summed E-state index contributed by atoms with van der Waals surface area (Å²) in [4.78, 5) is 16.9. The molecule has 0 spiro atoms. The third-order valence-corrected chi connectivity index (χ3v) is 2.64. The van der Waals surface area contributed by atoms with Gasteiger partial charge in [-0.2, -0.15) is 0 Å². The van der Waals surface area contributed by atoms with Crippen molar-refractivity contribution in [2.75, 3.05) is 5.75 Å². The van der Waals surface area contributed by atoms with Gasteiger partial charge in [-0.25, -0.2) is 9.20 Å². The first-order valence-electron chi connectivity index (χ1n) is 4.81. The van der Waals surface area contributed by atoms with Crippen LogP contribution in [0.3, 0.4) is 0 Å². The highest BCUT2D eigenvalue weighted by Gasteiger charge is 2.07. The summed E-state index contributed by atoms with van der Waals surface area (Å²) in [6.07, 6.45) is 0. The van der Waals surface area contributed by atoms with Gasteiger partial charge in [0.25, 0.3) is 0 Å². The number of fused-ring (bicyclic) bond motifs is 1. The number of benzene rings is 1. The summed E-state index contributed by atoms with van der Waals surface area (Å²) in [7, 11) is 0. The average Bonchev–Trinajstić information content (AvgIpc) is 2.38. The number of aromatic nitrogens is 3. The van der Waals surface area contributed by atoms with Crippen molar-refractivity contribution >= 4 is 22.0 Å². The lowest BCUT2D eigenvalue weighted by atomic mass is 10.2. The molecule has 0 N–H and O–H groups in total. The maximum absolute atomic E-state index is 11.8. The molecule has 0 aliphatic rings. The van der Waals surface area contributed by atoms with Gasteiger partial charge in [0.15, 0.2) is 0 Å². The minimum Gasteiger partial charge on any atom is -0.263 e. The summed E-state index contributed by atoms with van der Waals surface area (Å²) in [5.74, 6) is 0.246. The molecule has 0 saturated carbocycles. The molecular formula is C9H9N3O4S. The molecular weight excluding hydrogens is 246 g/mol. The number of nitrogens with zero attached hydrogens (tertiary/aromatic N) is 3. The summed E-state index contributed by atoms with van der Waals surface area (Å²) in [5, 5.41) is 7.58. The van der Waals surface area contributed by atoms with Crippen molar-refractivity contribution in [3.63, 3.8) is 0 Å². The van der Waals surface area contributed by atoms with Crippen molar-refractivity contribution < 1.29 is 13.5 Å². The molecule has 0 amide bonds. The molecule has 2 rings (SSSR count). The smallest absolute Gasteiger partial charge is 0.263 e. The highest BCUT2D eigenvalue weighted by molar-refractivity contribution is 7.80. The van der Waals surface area contributed by atoms with Crippen LogP contribution in [0.25, 0.3) is 10.9 Å². The first-order chi connectivity index (χ1) is 8.22. The Morgan fingerprint density at radius 3 is 2.94 bits per heavy atom. The molecule has 0 saturated heterocycles. The second-order valence-electron chi connectivity index (χ2n) is 3.02. The molecule has 8 heteroatoms. The van der Waals surface area contributed by atoms with Crippen LogP contribution >= 0.6 is 0 Å². The maximum Gasteiger partial charge on any atom is 0.318 e. The lowest BCUT2D eigenvalue weighted by molar-refractivity contribution is -0.216. The second-order valence-corrected chi connectivity index (χ2v) is 4.34. The van der Waals surface area contributed by atoms with Crippen molar-refractivity contribution in [2.45, 2.75) is 6.92 Å². The molecule has 17 heavy (non-hydrogen) atoms. The van der Waals surface area contributed by atoms with E-state index in [1.807, 2.05) is 0 Å². The van der Waals surface area contributed by atoms with E-state index in [0.29, 0.717) is 15.7 Å². The first kappa shape index (κ1) is 11.7. The molecule has 1 aromatic heterocycles. The summed E-state index contributed by atoms with van der Waals surface area (Å²) in [5.41, 5.74) is -0.0716. The largest absolute Gasteiger partial charge is 0.318 e. The highest BCUT2D eigenvalue weighted by Crippen LogP contribution is 2.02. The van der Waals surface area contributed by atoms with Gasteiger partial charge < -0.3 is 0 Å². The SMILES string of the molecule is CCS(=O)OOn1nnc2ccccc2c1=O. The van der Waals surface area contributed by atoms with Gasteiger partial charge in [0.2, 0.25) is 11.1 Å². The quantitative estimate of drug-likeness (QED) is 0.557. The molecule has 1 atom stereocenters. The van der Waals surface area contributed by atoms with Crippen molar-refractivity contribution in [3.05, 3.63) is 34.6 Å². The van der Waals surface area contributed by atoms with Gasteiger partial charge >= 0.3 is 5.56 Å². The molecule has 1 aromatic carbocycles. The van der Waals surface area contributed by atoms with Crippen LogP contribution in [0, 0.1) is 0 Å². The van der Waals surface area contributed by atoms with Crippen molar-refractivity contribution in [2.24, 2.45) is 0 Å². The number of hydrogen-bond acceptors (Lipinski definition) is 6. The molecule has 7 nitrogen and oxygen atoms in total. The molecule has 0 aliphatic heterocycles. The molecule has 0 aliphatic carbocycles. The highest BCUT2D eigenvalue weighted by atomic mass is 32.2. The Morgan fingerprint density at radius 1 is 1.41 bits per heavy atom. The lowest BCUT2D eigenvalue weighted by Crippen LogP contribution is -2.31. The summed E-state index contributed by atoms with van der Waals surface area (Å²) < 4.78 is 15.4. The van der Waals surface area contributed by atoms with Crippen LogP contribution in [0.2, 0.25) is 0 Å². The minimum atomic E-state index is -1.62. The molecule has 0 radical (unpaired) electrons. The maximum atomic E-state index is 11.8. The molecule has 0 fully saturated rings. The van der Waals surface area contributed by atoms with Gasteiger partial charge in [0.05, 0.1) is 11.1 Å². The number of hydrogen-bond donors (Lipinski definition) is 0. The van der Waals surface area contributed by atoms with E-state index in [2.05, 4.69) is 19.6 Å². The Labute approximate surface area is 98.5 Å². The molecule has 1 heterocycles. The van der Waals surface area contributed by atoms with Gasteiger partial charge in [-0.1, -0.05) is 23.4 Å². The Morgan fingerprint density at radius 2 is 2.18 bits per heavy atom. The van der Waals surface area contributed by atoms with Crippen LogP contribution in [0.5, 0.6) is 0 Å². The number of rotatable bonds is 4. The Balaban J connectivity index is 2.33. The fraction of sp³-hybridized carbons (Fsp3) is 0.222. The molecule has 90 valence electrons. The zero-order chi connectivity index (χ0) is 12.3. The van der Waals surface area contributed by atoms with Crippen LogP contribution in [-0.4, -0.2) is 25.1 Å². The third-order valence-electron chi connectivity index (χ3n) is 1.95. The van der Waals surface area contributed by atoms with Gasteiger partial charge in [0.1, 0.15) is 5.52 Å². The van der Waals surface area contributed by atoms with E-state index in [9.17, 15) is 9.00 Å². The van der Waals surface area contributed by atoms with Crippen LogP contribution in [-0.2, 0) is 15.4 Å². The molecule has 0 bridgehead atoms. The van der Waals surface area contributed by atoms with Crippen LogP contribution < -0.4 is 10.5 Å². The van der Waals surface area contributed by atoms with E-state index in [-0.39, 0.29) is 5.75 Å². The Bertz CT molecular complexity index is 612. The van der Waals surface area contributed by atoms with Crippen molar-refractivity contribution in [3.8, 4) is 0 Å². The third kappa shape index (κ3) is 2.48. The van der Waals surface area contributed by atoms with E-state index < -0.39 is 16.6 Å². The fourth-order valence-corrected chi connectivity index (χ4v) is 1.36. The monoisotopic (exact) mass is 255 g/mol. The summed E-state index contributed by atoms with van der Waals surface area (Å²) in [6.45, 7) is 1.65. The minimum absolute atomic E-state index is 0.246. The first-order valence-corrected chi connectivity index (χ1v) is 6.05. The molecule has 2 aromatic rings. The normalized spacial score (nSPS) is 12.5. The van der Waals surface area contributed by atoms with Crippen molar-refractivity contribution in [1.29, 1.82) is 0 Å². The Kier molecular flexibility index (Phi) is 3.45. The van der Waals surface area contributed by atoms with Crippen LogP contribution in [0.15, 0.2) is 29.1 Å². The zero-order valence-corrected chi connectivity index (χ0v) is 9.72. The van der Waals surface area contributed by atoms with Gasteiger partial charge in [-0.15, -0.1) is 5.10 Å². The van der Waals surface area contributed by atoms with E-state index in [1.54, 1.807) is 31.2 Å². The van der Waals surface area contributed by atoms with Crippen LogP contribution in [0.1, 0.15) is 6.92 Å². The zero-order valence-electron chi connectivity index (χ0n) is 8.90. The summed E-state index contributed by atoms with van der Waals surface area (Å²) >= 11 is -1.62. The van der Waals surface area contributed by atoms with Gasteiger partial charge in [0, 0.05) is 4.85 Å². The second kappa shape index (κ2) is 5.02. The van der Waals surface area contributed by atoms with E-state index in [0.717, 1.165) is 0 Å². The van der Waals surface area contributed by atoms with Gasteiger partial charge in [-0.05, 0) is 17.3 Å². The fourth-order valence-electron chi connectivity index (χ4n) is 1.13. The van der Waals surface area contributed by atoms with E-state index >= 15 is 0 Å². The Hall–Kier alpha value is -1.80. The lowest BCUT2D eigenvalue weighted by Gasteiger charge is -2.02. The molecule has 1 unspecified atom stereocenters. The van der Waals surface area contributed by atoms with Crippen molar-refractivity contribution in [1.82, 2.24) is 15.2 Å². The van der Waals surface area contributed by atoms with E-state index in [1.165, 1.54) is 0 Å². The van der Waals surface area contributed by atoms with Gasteiger partial charge in [-0.3, -0.25) is 4.79 Å².